The molecule has 1 unspecified atom stereocenters. The van der Waals surface area contributed by atoms with Gasteiger partial charge in [-0.15, -0.1) is 0 Å². The zero-order valence-electron chi connectivity index (χ0n) is 13.1. The van der Waals surface area contributed by atoms with Crippen molar-refractivity contribution in [1.29, 1.82) is 0 Å². The number of imide groups is 1. The molecular weight excluding hydrogens is 318 g/mol. The van der Waals surface area contributed by atoms with Crippen molar-refractivity contribution in [1.82, 2.24) is 14.5 Å². The molecule has 1 aromatic rings. The Kier molecular flexibility index (Phi) is 3.89. The summed E-state index contributed by atoms with van der Waals surface area (Å²) >= 11 is 0. The highest BCUT2D eigenvalue weighted by molar-refractivity contribution is 7.89. The Bertz CT molecular complexity index is 759. The number of nitrogens with one attached hydrogen (secondary N) is 1. The number of hydrogen-bond donors (Lipinski definition) is 1. The van der Waals surface area contributed by atoms with E-state index < -0.39 is 22.1 Å². The van der Waals surface area contributed by atoms with Crippen molar-refractivity contribution in [2.45, 2.75) is 31.2 Å². The second kappa shape index (κ2) is 5.61. The molecular formula is C15H19N3O4S. The Morgan fingerprint density at radius 3 is 2.52 bits per heavy atom. The summed E-state index contributed by atoms with van der Waals surface area (Å²) in [5.41, 5.74) is 1.94. The fraction of sp³-hybridized carbons (Fsp3) is 0.467. The molecule has 0 spiro atoms. The van der Waals surface area contributed by atoms with Crippen molar-refractivity contribution >= 4 is 22.0 Å². The molecule has 0 aliphatic carbocycles. The molecule has 8 heteroatoms. The quantitative estimate of drug-likeness (QED) is 0.819. The Hall–Kier alpha value is -1.93. The molecule has 0 bridgehead atoms. The van der Waals surface area contributed by atoms with Gasteiger partial charge in [0.25, 0.3) is 0 Å². The standard InChI is InChI=1S/C15H19N3O4S/c1-10-3-4-13(7-11(10)2)23(21,22)17-6-5-12(9-17)18-14(19)8-16-15(18)20/h3-4,7,12H,5-6,8-9H2,1-2H3,(H,16,20). The highest BCUT2D eigenvalue weighted by atomic mass is 32.2. The number of benzene rings is 1. The normalized spacial score (nSPS) is 22.7. The number of rotatable bonds is 3. The van der Waals surface area contributed by atoms with Gasteiger partial charge in [-0.2, -0.15) is 4.31 Å². The lowest BCUT2D eigenvalue weighted by Crippen LogP contribution is -2.42. The minimum Gasteiger partial charge on any atom is -0.329 e. The second-order valence-electron chi connectivity index (χ2n) is 5.97. The molecule has 1 aromatic carbocycles. The molecule has 0 aromatic heterocycles. The van der Waals surface area contributed by atoms with Crippen molar-refractivity contribution in [2.75, 3.05) is 19.6 Å². The average Bonchev–Trinajstić information content (AvgIpc) is 3.09. The number of hydrogen-bond acceptors (Lipinski definition) is 4. The van der Waals surface area contributed by atoms with Crippen molar-refractivity contribution in [3.05, 3.63) is 29.3 Å². The molecule has 7 nitrogen and oxygen atoms in total. The third-order valence-electron chi connectivity index (χ3n) is 4.49. The van der Waals surface area contributed by atoms with E-state index in [1.807, 2.05) is 13.8 Å². The first-order valence-electron chi connectivity index (χ1n) is 7.48. The first-order valence-corrected chi connectivity index (χ1v) is 8.92. The second-order valence-corrected chi connectivity index (χ2v) is 7.91. The van der Waals surface area contributed by atoms with Crippen molar-refractivity contribution in [3.63, 3.8) is 0 Å². The van der Waals surface area contributed by atoms with Gasteiger partial charge in [0, 0.05) is 13.1 Å². The molecule has 0 saturated carbocycles. The van der Waals surface area contributed by atoms with E-state index >= 15 is 0 Å². The smallest absolute Gasteiger partial charge is 0.324 e. The number of carbonyl (C=O) groups is 2. The van der Waals surface area contributed by atoms with Crippen molar-refractivity contribution in [2.24, 2.45) is 0 Å². The van der Waals surface area contributed by atoms with E-state index in [1.54, 1.807) is 18.2 Å². The number of nitrogens with zero attached hydrogens (tertiary/aromatic N) is 2. The van der Waals surface area contributed by atoms with Crippen molar-refractivity contribution < 1.29 is 18.0 Å². The Morgan fingerprint density at radius 1 is 1.17 bits per heavy atom. The Labute approximate surface area is 135 Å². The van der Waals surface area contributed by atoms with Crippen LogP contribution >= 0.6 is 0 Å². The zero-order chi connectivity index (χ0) is 16.8. The fourth-order valence-corrected chi connectivity index (χ4v) is 4.55. The molecule has 1 atom stereocenters. The SMILES string of the molecule is Cc1ccc(S(=O)(=O)N2CCC(N3C(=O)CNC3=O)C2)cc1C. The molecule has 124 valence electrons. The predicted octanol–water partition coefficient (Wildman–Crippen LogP) is 0.618. The first kappa shape index (κ1) is 15.9. The maximum Gasteiger partial charge on any atom is 0.324 e. The van der Waals surface area contributed by atoms with Crippen LogP contribution in [-0.4, -0.2) is 55.2 Å². The summed E-state index contributed by atoms with van der Waals surface area (Å²) < 4.78 is 26.8. The summed E-state index contributed by atoms with van der Waals surface area (Å²) in [6.45, 7) is 4.23. The third kappa shape index (κ3) is 2.72. The van der Waals surface area contributed by atoms with Gasteiger partial charge in [0.05, 0.1) is 17.5 Å². The van der Waals surface area contributed by atoms with Crippen LogP contribution < -0.4 is 5.32 Å². The monoisotopic (exact) mass is 337 g/mol. The molecule has 1 N–H and O–H groups in total. The lowest BCUT2D eigenvalue weighted by atomic mass is 10.1. The number of carbonyl (C=O) groups excluding carboxylic acids is 2. The lowest BCUT2D eigenvalue weighted by Gasteiger charge is -2.21. The molecule has 3 amide bonds. The lowest BCUT2D eigenvalue weighted by molar-refractivity contribution is -0.126. The van der Waals surface area contributed by atoms with E-state index in [1.165, 1.54) is 4.31 Å². The maximum atomic E-state index is 12.7. The highest BCUT2D eigenvalue weighted by Crippen LogP contribution is 2.25. The summed E-state index contributed by atoms with van der Waals surface area (Å²) in [7, 11) is -3.61. The van der Waals surface area contributed by atoms with Gasteiger partial charge >= 0.3 is 6.03 Å². The fourth-order valence-electron chi connectivity index (χ4n) is 2.97. The van der Waals surface area contributed by atoms with E-state index in [-0.39, 0.29) is 23.9 Å². The summed E-state index contributed by atoms with van der Waals surface area (Å²) in [6, 6.07) is 4.20. The largest absolute Gasteiger partial charge is 0.329 e. The Balaban J connectivity index is 1.81. The topological polar surface area (TPSA) is 86.8 Å². The number of amides is 3. The Morgan fingerprint density at radius 2 is 1.91 bits per heavy atom. The van der Waals surface area contributed by atoms with Gasteiger partial charge in [-0.1, -0.05) is 6.07 Å². The average molecular weight is 337 g/mol. The molecule has 2 fully saturated rings. The molecule has 2 saturated heterocycles. The van der Waals surface area contributed by atoms with E-state index in [2.05, 4.69) is 5.32 Å². The minimum atomic E-state index is -3.61. The molecule has 0 radical (unpaired) electrons. The van der Waals surface area contributed by atoms with Crippen LogP contribution in [0.15, 0.2) is 23.1 Å². The molecule has 2 heterocycles. The van der Waals surface area contributed by atoms with Gasteiger partial charge in [-0.05, 0) is 43.5 Å². The van der Waals surface area contributed by atoms with Crippen LogP contribution in [0.25, 0.3) is 0 Å². The molecule has 3 rings (SSSR count). The van der Waals surface area contributed by atoms with Crippen LogP contribution in [0, 0.1) is 13.8 Å². The zero-order valence-corrected chi connectivity index (χ0v) is 13.9. The summed E-state index contributed by atoms with van der Waals surface area (Å²) in [6.07, 6.45) is 0.462. The van der Waals surface area contributed by atoms with Crippen LogP contribution in [0.1, 0.15) is 17.5 Å². The van der Waals surface area contributed by atoms with Gasteiger partial charge in [-0.3, -0.25) is 9.69 Å². The van der Waals surface area contributed by atoms with E-state index in [0.717, 1.165) is 16.0 Å². The maximum absolute atomic E-state index is 12.7. The van der Waals surface area contributed by atoms with Gasteiger partial charge in [0.2, 0.25) is 15.9 Å². The van der Waals surface area contributed by atoms with Gasteiger partial charge in [0.15, 0.2) is 0 Å². The van der Waals surface area contributed by atoms with E-state index in [0.29, 0.717) is 13.0 Å². The molecule has 2 aliphatic rings. The molecule has 2 aliphatic heterocycles. The van der Waals surface area contributed by atoms with Crippen LogP contribution in [0.3, 0.4) is 0 Å². The van der Waals surface area contributed by atoms with Gasteiger partial charge < -0.3 is 5.32 Å². The number of urea groups is 1. The predicted molar refractivity (Wildman–Crippen MR) is 83.3 cm³/mol. The van der Waals surface area contributed by atoms with Gasteiger partial charge in [0.1, 0.15) is 0 Å². The third-order valence-corrected chi connectivity index (χ3v) is 6.35. The van der Waals surface area contributed by atoms with Crippen LogP contribution in [0.5, 0.6) is 0 Å². The molecule has 23 heavy (non-hydrogen) atoms. The van der Waals surface area contributed by atoms with Crippen LogP contribution in [0.2, 0.25) is 0 Å². The number of sulfonamides is 1. The van der Waals surface area contributed by atoms with Gasteiger partial charge in [-0.25, -0.2) is 13.2 Å². The van der Waals surface area contributed by atoms with E-state index in [4.69, 9.17) is 0 Å². The summed E-state index contributed by atoms with van der Waals surface area (Å²) in [5, 5.41) is 2.46. The van der Waals surface area contributed by atoms with Crippen LogP contribution in [0.4, 0.5) is 4.79 Å². The van der Waals surface area contributed by atoms with E-state index in [9.17, 15) is 18.0 Å². The minimum absolute atomic E-state index is 0.0146. The first-order chi connectivity index (χ1) is 10.8. The summed E-state index contributed by atoms with van der Waals surface area (Å²) in [5.74, 6) is -0.301. The van der Waals surface area contributed by atoms with Crippen LogP contribution in [-0.2, 0) is 14.8 Å². The van der Waals surface area contributed by atoms with Crippen molar-refractivity contribution in [3.8, 4) is 0 Å². The highest BCUT2D eigenvalue weighted by Gasteiger charge is 2.41. The summed E-state index contributed by atoms with van der Waals surface area (Å²) in [4.78, 5) is 24.9. The number of aryl methyl sites for hydroxylation is 2.